The van der Waals surface area contributed by atoms with Crippen LogP contribution in [0.2, 0.25) is 0 Å². The number of hydrogen-bond acceptors (Lipinski definition) is 2. The quantitative estimate of drug-likeness (QED) is 0.916. The molecule has 0 bridgehead atoms. The summed E-state index contributed by atoms with van der Waals surface area (Å²) in [6, 6.07) is 11.1. The molecule has 126 valence electrons. The second-order valence-electron chi connectivity index (χ2n) is 6.71. The second kappa shape index (κ2) is 6.63. The number of rotatable bonds is 3. The highest BCUT2D eigenvalue weighted by molar-refractivity contribution is 5.94. The monoisotopic (exact) mass is 326 g/mol. The molecule has 1 heterocycles. The van der Waals surface area contributed by atoms with Gasteiger partial charge < -0.3 is 10.2 Å². The summed E-state index contributed by atoms with van der Waals surface area (Å²) in [5.74, 6) is -0.271. The first kappa shape index (κ1) is 16.5. The normalized spacial score (nSPS) is 16.7. The molecule has 0 saturated heterocycles. The Bertz CT molecular complexity index is 752. The minimum Gasteiger partial charge on any atom is -0.359 e. The van der Waals surface area contributed by atoms with Crippen LogP contribution in [0.3, 0.4) is 0 Å². The number of carbonyl (C=O) groups excluding carboxylic acids is 1. The number of benzene rings is 2. The molecule has 2 aromatic rings. The van der Waals surface area contributed by atoms with Crippen molar-refractivity contribution in [2.75, 3.05) is 16.8 Å². The Balaban J connectivity index is 1.76. The van der Waals surface area contributed by atoms with E-state index >= 15 is 0 Å². The smallest absolute Gasteiger partial charge is 0.243 e. The predicted molar refractivity (Wildman–Crippen MR) is 96.1 cm³/mol. The van der Waals surface area contributed by atoms with Crippen LogP contribution in [-0.2, 0) is 11.2 Å². The van der Waals surface area contributed by atoms with Crippen LogP contribution in [0.25, 0.3) is 0 Å². The highest BCUT2D eigenvalue weighted by Crippen LogP contribution is 2.31. The molecule has 1 aliphatic heterocycles. The van der Waals surface area contributed by atoms with Gasteiger partial charge in [0.05, 0.1) is 6.54 Å². The summed E-state index contributed by atoms with van der Waals surface area (Å²) in [7, 11) is 0. The molecular formula is C20H23FN2O. The third-order valence-electron chi connectivity index (χ3n) is 4.53. The number of fused-ring (bicyclic) bond motifs is 1. The number of amides is 1. The molecule has 1 amide bonds. The summed E-state index contributed by atoms with van der Waals surface area (Å²) in [6.45, 7) is 6.41. The van der Waals surface area contributed by atoms with Crippen LogP contribution in [-0.4, -0.2) is 18.5 Å². The van der Waals surface area contributed by atoms with Gasteiger partial charge in [-0.2, -0.15) is 0 Å². The Morgan fingerprint density at radius 1 is 1.21 bits per heavy atom. The van der Waals surface area contributed by atoms with Crippen LogP contribution in [0, 0.1) is 19.7 Å². The van der Waals surface area contributed by atoms with Gasteiger partial charge in [0, 0.05) is 17.4 Å². The van der Waals surface area contributed by atoms with E-state index in [1.54, 1.807) is 12.1 Å². The van der Waals surface area contributed by atoms with E-state index in [0.717, 1.165) is 40.9 Å². The lowest BCUT2D eigenvalue weighted by Crippen LogP contribution is -2.42. The summed E-state index contributed by atoms with van der Waals surface area (Å²) in [6.07, 6.45) is 1.77. The van der Waals surface area contributed by atoms with Crippen LogP contribution in [0.5, 0.6) is 0 Å². The summed E-state index contributed by atoms with van der Waals surface area (Å²) >= 11 is 0. The lowest BCUT2D eigenvalue weighted by Gasteiger charge is -2.36. The average Bonchev–Trinajstić information content (AvgIpc) is 2.49. The molecule has 0 aromatic heterocycles. The fourth-order valence-electron chi connectivity index (χ4n) is 3.44. The van der Waals surface area contributed by atoms with E-state index in [9.17, 15) is 9.18 Å². The number of anilines is 2. The van der Waals surface area contributed by atoms with Gasteiger partial charge in [0.25, 0.3) is 0 Å². The van der Waals surface area contributed by atoms with E-state index in [4.69, 9.17) is 0 Å². The van der Waals surface area contributed by atoms with E-state index in [1.165, 1.54) is 6.07 Å². The number of hydrogen-bond donors (Lipinski definition) is 1. The van der Waals surface area contributed by atoms with Crippen LogP contribution in [0.1, 0.15) is 30.0 Å². The SMILES string of the molecule is Cc1cc(C)cc(NC(=O)CN2c3ccc(F)cc3CCC2C)c1. The molecule has 0 saturated carbocycles. The van der Waals surface area contributed by atoms with Gasteiger partial charge in [-0.25, -0.2) is 4.39 Å². The van der Waals surface area contributed by atoms with E-state index in [-0.39, 0.29) is 24.3 Å². The molecule has 3 rings (SSSR count). The molecule has 0 radical (unpaired) electrons. The number of carbonyl (C=O) groups is 1. The van der Waals surface area contributed by atoms with Gasteiger partial charge in [-0.1, -0.05) is 6.07 Å². The van der Waals surface area contributed by atoms with Crippen LogP contribution in [0.4, 0.5) is 15.8 Å². The van der Waals surface area contributed by atoms with Gasteiger partial charge in [-0.15, -0.1) is 0 Å². The van der Waals surface area contributed by atoms with Gasteiger partial charge in [-0.05, 0) is 80.6 Å². The van der Waals surface area contributed by atoms with Crippen molar-refractivity contribution in [3.05, 3.63) is 58.9 Å². The van der Waals surface area contributed by atoms with Crippen molar-refractivity contribution in [2.45, 2.75) is 39.7 Å². The fraction of sp³-hybridized carbons (Fsp3) is 0.350. The molecule has 24 heavy (non-hydrogen) atoms. The molecule has 1 unspecified atom stereocenters. The van der Waals surface area contributed by atoms with Gasteiger partial charge >= 0.3 is 0 Å². The lowest BCUT2D eigenvalue weighted by molar-refractivity contribution is -0.115. The molecule has 0 fully saturated rings. The first-order chi connectivity index (χ1) is 11.4. The molecule has 1 aliphatic rings. The highest BCUT2D eigenvalue weighted by atomic mass is 19.1. The van der Waals surface area contributed by atoms with Crippen molar-refractivity contribution >= 4 is 17.3 Å². The summed E-state index contributed by atoms with van der Waals surface area (Å²) in [5.41, 5.74) is 5.01. The molecule has 0 aliphatic carbocycles. The van der Waals surface area contributed by atoms with E-state index in [0.29, 0.717) is 0 Å². The number of aryl methyl sites for hydroxylation is 3. The Labute approximate surface area is 142 Å². The van der Waals surface area contributed by atoms with E-state index in [1.807, 2.05) is 26.0 Å². The van der Waals surface area contributed by atoms with Crippen molar-refractivity contribution in [3.63, 3.8) is 0 Å². The minimum atomic E-state index is -0.219. The fourth-order valence-corrected chi connectivity index (χ4v) is 3.44. The molecule has 4 heteroatoms. The van der Waals surface area contributed by atoms with Crippen molar-refractivity contribution in [1.29, 1.82) is 0 Å². The second-order valence-corrected chi connectivity index (χ2v) is 6.71. The summed E-state index contributed by atoms with van der Waals surface area (Å²) in [5, 5.41) is 2.98. The third kappa shape index (κ3) is 3.58. The maximum absolute atomic E-state index is 13.4. The van der Waals surface area contributed by atoms with Gasteiger partial charge in [-0.3, -0.25) is 4.79 Å². The maximum atomic E-state index is 13.4. The molecular weight excluding hydrogens is 303 g/mol. The zero-order valence-electron chi connectivity index (χ0n) is 14.4. The topological polar surface area (TPSA) is 32.3 Å². The molecule has 1 N–H and O–H groups in total. The van der Waals surface area contributed by atoms with Crippen LogP contribution < -0.4 is 10.2 Å². The highest BCUT2D eigenvalue weighted by Gasteiger charge is 2.25. The van der Waals surface area contributed by atoms with Crippen molar-refractivity contribution in [2.24, 2.45) is 0 Å². The lowest BCUT2D eigenvalue weighted by atomic mass is 9.96. The van der Waals surface area contributed by atoms with Gasteiger partial charge in [0.15, 0.2) is 0 Å². The van der Waals surface area contributed by atoms with Crippen LogP contribution in [0.15, 0.2) is 36.4 Å². The zero-order valence-corrected chi connectivity index (χ0v) is 14.4. The van der Waals surface area contributed by atoms with E-state index < -0.39 is 0 Å². The summed E-state index contributed by atoms with van der Waals surface area (Å²) < 4.78 is 13.4. The molecule has 0 spiro atoms. The van der Waals surface area contributed by atoms with Crippen molar-refractivity contribution in [1.82, 2.24) is 0 Å². The Hall–Kier alpha value is -2.36. The first-order valence-corrected chi connectivity index (χ1v) is 8.35. The average molecular weight is 326 g/mol. The zero-order chi connectivity index (χ0) is 17.3. The third-order valence-corrected chi connectivity index (χ3v) is 4.53. The van der Waals surface area contributed by atoms with Crippen molar-refractivity contribution < 1.29 is 9.18 Å². The number of nitrogens with one attached hydrogen (secondary N) is 1. The Morgan fingerprint density at radius 2 is 1.92 bits per heavy atom. The molecule has 2 aromatic carbocycles. The minimum absolute atomic E-state index is 0.0518. The first-order valence-electron chi connectivity index (χ1n) is 8.35. The van der Waals surface area contributed by atoms with Crippen molar-refractivity contribution in [3.8, 4) is 0 Å². The molecule has 1 atom stereocenters. The largest absolute Gasteiger partial charge is 0.359 e. The molecule has 3 nitrogen and oxygen atoms in total. The van der Waals surface area contributed by atoms with Gasteiger partial charge in [0.2, 0.25) is 5.91 Å². The van der Waals surface area contributed by atoms with Crippen LogP contribution >= 0.6 is 0 Å². The Morgan fingerprint density at radius 3 is 2.62 bits per heavy atom. The maximum Gasteiger partial charge on any atom is 0.243 e. The van der Waals surface area contributed by atoms with Gasteiger partial charge in [0.1, 0.15) is 5.82 Å². The standard InChI is InChI=1S/C20H23FN2O/c1-13-8-14(2)10-18(9-13)22-20(24)12-23-15(3)4-5-16-11-17(21)6-7-19(16)23/h6-11,15H,4-5,12H2,1-3H3,(H,22,24). The number of nitrogens with zero attached hydrogens (tertiary/aromatic N) is 1. The Kier molecular flexibility index (Phi) is 4.56. The van der Waals surface area contributed by atoms with E-state index in [2.05, 4.69) is 23.2 Å². The predicted octanol–water partition coefficient (Wildman–Crippen LogP) is 4.22. The summed E-state index contributed by atoms with van der Waals surface area (Å²) in [4.78, 5) is 14.6. The number of halogens is 1.